The lowest BCUT2D eigenvalue weighted by Crippen LogP contribution is -2.25. The molecule has 1 aliphatic carbocycles. The summed E-state index contributed by atoms with van der Waals surface area (Å²) in [6.07, 6.45) is -1.35. The van der Waals surface area contributed by atoms with Crippen LogP contribution in [0.2, 0.25) is 0 Å². The number of fused-ring (bicyclic) bond motifs is 1. The molecule has 0 unspecified atom stereocenters. The Hall–Kier alpha value is -1.07. The molecule has 1 fully saturated rings. The maximum atomic E-state index is 12.8. The number of nitrogens with two attached hydrogens (primary N) is 1. The van der Waals surface area contributed by atoms with E-state index in [0.29, 0.717) is 5.92 Å². The van der Waals surface area contributed by atoms with Crippen molar-refractivity contribution in [1.29, 1.82) is 0 Å². The second-order valence-corrected chi connectivity index (χ2v) is 4.24. The molecule has 2 N–H and O–H groups in total. The number of rotatable bonds is 2. The average molecular weight is 264 g/mol. The van der Waals surface area contributed by atoms with Crippen LogP contribution in [0.4, 0.5) is 8.78 Å². The van der Waals surface area contributed by atoms with E-state index < -0.39 is 6.29 Å². The van der Waals surface area contributed by atoms with E-state index in [-0.39, 0.29) is 29.9 Å². The van der Waals surface area contributed by atoms with E-state index >= 15 is 0 Å². The molecule has 0 saturated heterocycles. The first-order valence-corrected chi connectivity index (χ1v) is 5.20. The van der Waals surface area contributed by atoms with Gasteiger partial charge in [-0.1, -0.05) is 6.07 Å². The minimum Gasteiger partial charge on any atom is -0.395 e. The summed E-state index contributed by atoms with van der Waals surface area (Å²) in [6, 6.07) is 4.64. The van der Waals surface area contributed by atoms with Gasteiger partial charge in [0.15, 0.2) is 11.5 Å². The standard InChI is InChI=1S/C11H11F2NO2.ClH/c12-11(13)15-8-4-3-7(5-9(8)16-11)10(14)6-1-2-6;/h3-6,10H,1-2,14H2;1H/t10-;/m0./s1. The highest BCUT2D eigenvalue weighted by atomic mass is 35.5. The van der Waals surface area contributed by atoms with Crippen LogP contribution in [0.3, 0.4) is 0 Å². The molecule has 94 valence electrons. The molecule has 6 heteroatoms. The zero-order valence-electron chi connectivity index (χ0n) is 8.86. The van der Waals surface area contributed by atoms with Gasteiger partial charge < -0.3 is 15.2 Å². The van der Waals surface area contributed by atoms with Gasteiger partial charge in [-0.15, -0.1) is 21.2 Å². The molecule has 0 aromatic heterocycles. The van der Waals surface area contributed by atoms with Gasteiger partial charge in [-0.3, -0.25) is 0 Å². The smallest absolute Gasteiger partial charge is 0.395 e. The van der Waals surface area contributed by atoms with Gasteiger partial charge in [0.05, 0.1) is 0 Å². The molecule has 0 amide bonds. The van der Waals surface area contributed by atoms with Gasteiger partial charge in [0, 0.05) is 6.04 Å². The molecule has 0 bridgehead atoms. The van der Waals surface area contributed by atoms with Gasteiger partial charge in [0.25, 0.3) is 0 Å². The van der Waals surface area contributed by atoms with Crippen LogP contribution in [0.25, 0.3) is 0 Å². The fourth-order valence-electron chi connectivity index (χ4n) is 1.90. The summed E-state index contributed by atoms with van der Waals surface area (Å²) >= 11 is 0. The molecule has 3 rings (SSSR count). The Kier molecular flexibility index (Phi) is 2.91. The number of hydrogen-bond donors (Lipinski definition) is 1. The van der Waals surface area contributed by atoms with Crippen molar-refractivity contribution in [2.24, 2.45) is 11.7 Å². The third-order valence-corrected chi connectivity index (χ3v) is 2.94. The van der Waals surface area contributed by atoms with Gasteiger partial charge in [0.1, 0.15) is 0 Å². The molecular weight excluding hydrogens is 252 g/mol. The van der Waals surface area contributed by atoms with E-state index in [2.05, 4.69) is 9.47 Å². The predicted octanol–water partition coefficient (Wildman–Crippen LogP) is 2.84. The van der Waals surface area contributed by atoms with Crippen LogP contribution >= 0.6 is 12.4 Å². The molecule has 1 aliphatic heterocycles. The molecule has 1 aromatic carbocycles. The molecule has 2 aliphatic rings. The molecule has 1 heterocycles. The average Bonchev–Trinajstić information content (AvgIpc) is 2.98. The Balaban J connectivity index is 0.00000108. The normalized spacial score (nSPS) is 21.8. The quantitative estimate of drug-likeness (QED) is 0.892. The second kappa shape index (κ2) is 3.99. The molecule has 0 spiro atoms. The number of halogens is 3. The lowest BCUT2D eigenvalue weighted by atomic mass is 10.0. The fourth-order valence-corrected chi connectivity index (χ4v) is 1.90. The summed E-state index contributed by atoms with van der Waals surface area (Å²) < 4.78 is 34.2. The van der Waals surface area contributed by atoms with E-state index in [4.69, 9.17) is 5.73 Å². The van der Waals surface area contributed by atoms with Gasteiger partial charge in [-0.05, 0) is 36.5 Å². The summed E-state index contributed by atoms with van der Waals surface area (Å²) in [5.74, 6) is 0.608. The lowest BCUT2D eigenvalue weighted by Gasteiger charge is -2.10. The van der Waals surface area contributed by atoms with Crippen LogP contribution in [0.15, 0.2) is 18.2 Å². The largest absolute Gasteiger partial charge is 0.586 e. The second-order valence-electron chi connectivity index (χ2n) is 4.24. The topological polar surface area (TPSA) is 44.5 Å². The zero-order valence-corrected chi connectivity index (χ0v) is 9.68. The molecule has 1 aromatic rings. The number of hydrogen-bond acceptors (Lipinski definition) is 3. The summed E-state index contributed by atoms with van der Waals surface area (Å²) in [5, 5.41) is 0. The molecule has 1 saturated carbocycles. The summed E-state index contributed by atoms with van der Waals surface area (Å²) in [5.41, 5.74) is 6.80. The summed E-state index contributed by atoms with van der Waals surface area (Å²) in [4.78, 5) is 0. The minimum atomic E-state index is -3.55. The van der Waals surface area contributed by atoms with Gasteiger partial charge in [-0.2, -0.15) is 0 Å². The Labute approximate surface area is 103 Å². The Morgan fingerprint density at radius 3 is 2.53 bits per heavy atom. The number of ether oxygens (including phenoxy) is 2. The Morgan fingerprint density at radius 2 is 1.88 bits per heavy atom. The third-order valence-electron chi connectivity index (χ3n) is 2.94. The van der Waals surface area contributed by atoms with E-state index in [1.165, 1.54) is 6.07 Å². The van der Waals surface area contributed by atoms with Crippen molar-refractivity contribution in [3.8, 4) is 11.5 Å². The van der Waals surface area contributed by atoms with E-state index in [0.717, 1.165) is 18.4 Å². The van der Waals surface area contributed by atoms with Crippen LogP contribution < -0.4 is 15.2 Å². The minimum absolute atomic E-state index is 0. The first-order valence-electron chi connectivity index (χ1n) is 5.20. The molecule has 3 nitrogen and oxygen atoms in total. The lowest BCUT2D eigenvalue weighted by molar-refractivity contribution is -0.286. The monoisotopic (exact) mass is 263 g/mol. The van der Waals surface area contributed by atoms with Crippen LogP contribution in [-0.2, 0) is 0 Å². The highest BCUT2D eigenvalue weighted by Gasteiger charge is 2.43. The van der Waals surface area contributed by atoms with Crippen molar-refractivity contribution < 1.29 is 18.3 Å². The van der Waals surface area contributed by atoms with Crippen LogP contribution in [0, 0.1) is 5.92 Å². The van der Waals surface area contributed by atoms with E-state index in [1.54, 1.807) is 12.1 Å². The van der Waals surface area contributed by atoms with Crippen molar-refractivity contribution in [3.63, 3.8) is 0 Å². The van der Waals surface area contributed by atoms with Crippen molar-refractivity contribution in [2.45, 2.75) is 25.2 Å². The van der Waals surface area contributed by atoms with Gasteiger partial charge in [0.2, 0.25) is 0 Å². The number of alkyl halides is 2. The van der Waals surface area contributed by atoms with Gasteiger partial charge >= 0.3 is 6.29 Å². The van der Waals surface area contributed by atoms with Crippen molar-refractivity contribution in [3.05, 3.63) is 23.8 Å². The van der Waals surface area contributed by atoms with Crippen LogP contribution in [-0.4, -0.2) is 6.29 Å². The van der Waals surface area contributed by atoms with Crippen LogP contribution in [0.1, 0.15) is 24.4 Å². The van der Waals surface area contributed by atoms with E-state index in [1.807, 2.05) is 0 Å². The predicted molar refractivity (Wildman–Crippen MR) is 59.5 cm³/mol. The fraction of sp³-hybridized carbons (Fsp3) is 0.455. The molecule has 1 atom stereocenters. The van der Waals surface area contributed by atoms with E-state index in [9.17, 15) is 8.78 Å². The maximum absolute atomic E-state index is 12.8. The first kappa shape index (κ1) is 12.4. The molecule has 17 heavy (non-hydrogen) atoms. The summed E-state index contributed by atoms with van der Waals surface area (Å²) in [7, 11) is 0. The zero-order chi connectivity index (χ0) is 11.3. The Morgan fingerprint density at radius 1 is 1.24 bits per heavy atom. The summed E-state index contributed by atoms with van der Waals surface area (Å²) in [6.45, 7) is 0. The highest BCUT2D eigenvalue weighted by molar-refractivity contribution is 5.85. The Bertz CT molecular complexity index is 437. The highest BCUT2D eigenvalue weighted by Crippen LogP contribution is 2.45. The van der Waals surface area contributed by atoms with Gasteiger partial charge in [-0.25, -0.2) is 0 Å². The van der Waals surface area contributed by atoms with Crippen molar-refractivity contribution in [2.75, 3.05) is 0 Å². The third kappa shape index (κ3) is 2.30. The number of benzene rings is 1. The molecular formula is C11H12ClF2NO2. The first-order chi connectivity index (χ1) is 7.55. The molecule has 0 radical (unpaired) electrons. The van der Waals surface area contributed by atoms with Crippen molar-refractivity contribution in [1.82, 2.24) is 0 Å². The SMILES string of the molecule is Cl.N[C@H](c1ccc2c(c1)OC(F)(F)O2)C1CC1. The van der Waals surface area contributed by atoms with Crippen molar-refractivity contribution >= 4 is 12.4 Å². The maximum Gasteiger partial charge on any atom is 0.586 e. The van der Waals surface area contributed by atoms with Crippen LogP contribution in [0.5, 0.6) is 11.5 Å².